The van der Waals surface area contributed by atoms with Crippen molar-refractivity contribution in [2.45, 2.75) is 33.9 Å². The molecule has 0 bridgehead atoms. The number of aliphatic imine (C=N–C) groups is 1. The number of benzene rings is 1. The molecule has 0 aliphatic heterocycles. The molecule has 2 N–H and O–H groups in total. The summed E-state index contributed by atoms with van der Waals surface area (Å²) >= 11 is 3.44. The van der Waals surface area contributed by atoms with Gasteiger partial charge in [-0.25, -0.2) is 9.97 Å². The van der Waals surface area contributed by atoms with Crippen LogP contribution < -0.4 is 10.6 Å². The van der Waals surface area contributed by atoms with Crippen LogP contribution >= 0.6 is 46.7 Å². The summed E-state index contributed by atoms with van der Waals surface area (Å²) in [4.78, 5) is 16.0. The fraction of sp³-hybridized carbons (Fsp3) is 0.316. The number of thiazole rings is 2. The molecule has 2 aromatic heterocycles. The van der Waals surface area contributed by atoms with Gasteiger partial charge in [0, 0.05) is 22.4 Å². The molecule has 0 saturated heterocycles. The maximum Gasteiger partial charge on any atom is 0.191 e. The lowest BCUT2D eigenvalue weighted by molar-refractivity contribution is 0.806. The number of guanidine groups is 1. The number of nitrogens with one attached hydrogen (secondary N) is 2. The summed E-state index contributed by atoms with van der Waals surface area (Å²) in [5.41, 5.74) is 3.32. The zero-order valence-corrected chi connectivity index (χ0v) is 19.8. The van der Waals surface area contributed by atoms with Crippen LogP contribution in [-0.4, -0.2) is 23.0 Å². The average Bonchev–Trinajstić information content (AvgIpc) is 3.18. The number of nitrogens with zero attached hydrogens (tertiary/aromatic N) is 3. The second-order valence-corrected chi connectivity index (χ2v) is 8.29. The fourth-order valence-corrected chi connectivity index (χ4v) is 4.34. The van der Waals surface area contributed by atoms with Gasteiger partial charge in [-0.15, -0.1) is 46.7 Å². The van der Waals surface area contributed by atoms with Gasteiger partial charge in [-0.05, 0) is 20.8 Å². The van der Waals surface area contributed by atoms with Crippen molar-refractivity contribution in [2.75, 3.05) is 7.05 Å². The Balaban J connectivity index is 0.00000261. The first-order chi connectivity index (χ1) is 12.6. The van der Waals surface area contributed by atoms with Crippen LogP contribution in [0.3, 0.4) is 0 Å². The number of hydrogen-bond acceptors (Lipinski definition) is 5. The van der Waals surface area contributed by atoms with Crippen molar-refractivity contribution >= 4 is 52.6 Å². The molecular formula is C19H24IN5S2. The van der Waals surface area contributed by atoms with Gasteiger partial charge < -0.3 is 10.6 Å². The molecule has 0 atom stereocenters. The molecule has 0 aliphatic rings. The standard InChI is InChI=1S/C19H23N5S2.HI/c1-12-14(3)25-17(23-12)11-22-19(20-4)21-10-16-13(2)24-18(26-16)15-8-6-5-7-9-15;/h5-9H,10-11H2,1-4H3,(H2,20,21,22);1H. The summed E-state index contributed by atoms with van der Waals surface area (Å²) in [6.45, 7) is 7.57. The largest absolute Gasteiger partial charge is 0.351 e. The van der Waals surface area contributed by atoms with E-state index >= 15 is 0 Å². The molecule has 0 unspecified atom stereocenters. The van der Waals surface area contributed by atoms with Gasteiger partial charge in [0.05, 0.1) is 24.5 Å². The van der Waals surface area contributed by atoms with Crippen molar-refractivity contribution in [3.63, 3.8) is 0 Å². The van der Waals surface area contributed by atoms with Gasteiger partial charge in [-0.3, -0.25) is 4.99 Å². The number of aryl methyl sites for hydroxylation is 3. The molecule has 3 rings (SSSR count). The predicted octanol–water partition coefficient (Wildman–Crippen LogP) is 4.68. The Morgan fingerprint density at radius 1 is 0.963 bits per heavy atom. The topological polar surface area (TPSA) is 62.2 Å². The maximum absolute atomic E-state index is 4.70. The minimum atomic E-state index is 0. The quantitative estimate of drug-likeness (QED) is 0.296. The van der Waals surface area contributed by atoms with Gasteiger partial charge in [0.15, 0.2) is 5.96 Å². The lowest BCUT2D eigenvalue weighted by Crippen LogP contribution is -2.36. The van der Waals surface area contributed by atoms with Crippen LogP contribution in [0.4, 0.5) is 0 Å². The molecule has 27 heavy (non-hydrogen) atoms. The third-order valence-electron chi connectivity index (χ3n) is 4.03. The molecule has 144 valence electrons. The third kappa shape index (κ3) is 5.73. The smallest absolute Gasteiger partial charge is 0.191 e. The number of halogens is 1. The number of aromatic nitrogens is 2. The maximum atomic E-state index is 4.70. The zero-order chi connectivity index (χ0) is 18.5. The summed E-state index contributed by atoms with van der Waals surface area (Å²) < 4.78 is 0. The van der Waals surface area contributed by atoms with E-state index in [1.165, 1.54) is 9.75 Å². The first-order valence-electron chi connectivity index (χ1n) is 8.46. The first kappa shape index (κ1) is 21.8. The second-order valence-electron chi connectivity index (χ2n) is 5.92. The second kappa shape index (κ2) is 10.1. The highest BCUT2D eigenvalue weighted by Gasteiger charge is 2.10. The van der Waals surface area contributed by atoms with Gasteiger partial charge in [-0.1, -0.05) is 30.3 Å². The van der Waals surface area contributed by atoms with Crippen molar-refractivity contribution in [3.8, 4) is 10.6 Å². The SMILES string of the molecule is CN=C(NCc1nc(C)c(C)s1)NCc1sc(-c2ccccc2)nc1C.I. The third-order valence-corrected chi connectivity index (χ3v) is 6.31. The Kier molecular flexibility index (Phi) is 8.18. The summed E-state index contributed by atoms with van der Waals surface area (Å²) in [6.07, 6.45) is 0. The molecule has 8 heteroatoms. The minimum absolute atomic E-state index is 0. The highest BCUT2D eigenvalue weighted by Crippen LogP contribution is 2.27. The highest BCUT2D eigenvalue weighted by atomic mass is 127. The van der Waals surface area contributed by atoms with Crippen molar-refractivity contribution in [3.05, 3.63) is 56.5 Å². The summed E-state index contributed by atoms with van der Waals surface area (Å²) in [5, 5.41) is 8.82. The molecule has 0 saturated carbocycles. The minimum Gasteiger partial charge on any atom is -0.351 e. The Morgan fingerprint density at radius 2 is 1.67 bits per heavy atom. The van der Waals surface area contributed by atoms with E-state index in [1.807, 2.05) is 25.1 Å². The van der Waals surface area contributed by atoms with Crippen LogP contribution in [-0.2, 0) is 13.1 Å². The van der Waals surface area contributed by atoms with E-state index in [2.05, 4.69) is 46.6 Å². The van der Waals surface area contributed by atoms with Crippen molar-refractivity contribution < 1.29 is 0 Å². The lowest BCUT2D eigenvalue weighted by Gasteiger charge is -2.10. The Labute approximate surface area is 185 Å². The molecular weight excluding hydrogens is 489 g/mol. The van der Waals surface area contributed by atoms with Crippen molar-refractivity contribution in [2.24, 2.45) is 4.99 Å². The van der Waals surface area contributed by atoms with Crippen LogP contribution in [0.2, 0.25) is 0 Å². The van der Waals surface area contributed by atoms with Crippen LogP contribution in [0.1, 0.15) is 26.1 Å². The van der Waals surface area contributed by atoms with E-state index in [0.717, 1.165) is 32.9 Å². The van der Waals surface area contributed by atoms with Crippen LogP contribution in [0, 0.1) is 20.8 Å². The fourth-order valence-electron chi connectivity index (χ4n) is 2.45. The van der Waals surface area contributed by atoms with E-state index < -0.39 is 0 Å². The van der Waals surface area contributed by atoms with Gasteiger partial charge in [0.2, 0.25) is 0 Å². The number of rotatable bonds is 5. The molecule has 0 fully saturated rings. The first-order valence-corrected chi connectivity index (χ1v) is 10.1. The van der Waals surface area contributed by atoms with Gasteiger partial charge in [-0.2, -0.15) is 0 Å². The van der Waals surface area contributed by atoms with Gasteiger partial charge in [0.1, 0.15) is 10.0 Å². The predicted molar refractivity (Wildman–Crippen MR) is 126 cm³/mol. The normalized spacial score (nSPS) is 11.2. The Bertz CT molecular complexity index is 883. The Morgan fingerprint density at radius 3 is 2.30 bits per heavy atom. The monoisotopic (exact) mass is 513 g/mol. The van der Waals surface area contributed by atoms with E-state index in [-0.39, 0.29) is 24.0 Å². The molecule has 2 heterocycles. The summed E-state index contributed by atoms with van der Waals surface area (Å²) in [5.74, 6) is 0.768. The number of hydrogen-bond donors (Lipinski definition) is 2. The molecule has 3 aromatic rings. The summed E-state index contributed by atoms with van der Waals surface area (Å²) in [6, 6.07) is 10.3. The lowest BCUT2D eigenvalue weighted by atomic mass is 10.2. The average molecular weight is 513 g/mol. The summed E-state index contributed by atoms with van der Waals surface area (Å²) in [7, 11) is 1.78. The van der Waals surface area contributed by atoms with E-state index in [9.17, 15) is 0 Å². The van der Waals surface area contributed by atoms with E-state index in [0.29, 0.717) is 13.1 Å². The van der Waals surface area contributed by atoms with Gasteiger partial charge >= 0.3 is 0 Å². The van der Waals surface area contributed by atoms with Crippen LogP contribution in [0.25, 0.3) is 10.6 Å². The molecule has 0 spiro atoms. The van der Waals surface area contributed by atoms with Crippen molar-refractivity contribution in [1.29, 1.82) is 0 Å². The zero-order valence-electron chi connectivity index (χ0n) is 15.9. The molecule has 0 radical (unpaired) electrons. The van der Waals surface area contributed by atoms with Gasteiger partial charge in [0.25, 0.3) is 0 Å². The van der Waals surface area contributed by atoms with E-state index in [1.54, 1.807) is 29.7 Å². The Hall–Kier alpha value is -1.52. The molecule has 5 nitrogen and oxygen atoms in total. The van der Waals surface area contributed by atoms with E-state index in [4.69, 9.17) is 4.98 Å². The molecule has 0 aliphatic carbocycles. The molecule has 0 amide bonds. The van der Waals surface area contributed by atoms with Crippen LogP contribution in [0.5, 0.6) is 0 Å². The highest BCUT2D eigenvalue weighted by molar-refractivity contribution is 14.0. The van der Waals surface area contributed by atoms with Crippen LogP contribution in [0.15, 0.2) is 35.3 Å². The molecule has 1 aromatic carbocycles. The van der Waals surface area contributed by atoms with Crippen molar-refractivity contribution in [1.82, 2.24) is 20.6 Å².